The highest BCUT2D eigenvalue weighted by Crippen LogP contribution is 2.33. The van der Waals surface area contributed by atoms with Crippen LogP contribution in [0.2, 0.25) is 0 Å². The molecule has 75 heavy (non-hydrogen) atoms. The number of aliphatic hydroxyl groups excluding tert-OH is 6. The van der Waals surface area contributed by atoms with Crippen LogP contribution in [0.5, 0.6) is 0 Å². The van der Waals surface area contributed by atoms with Crippen molar-refractivity contribution in [2.45, 2.75) is 176 Å². The first-order valence-electron chi connectivity index (χ1n) is 25.2. The lowest BCUT2D eigenvalue weighted by atomic mass is 9.90. The van der Waals surface area contributed by atoms with Crippen LogP contribution in [-0.2, 0) is 25.6 Å². The molecule has 0 aliphatic carbocycles. The number of nitrogens with zero attached hydrogens (tertiary/aromatic N) is 2. The minimum Gasteiger partial charge on any atom is -0.388 e. The summed E-state index contributed by atoms with van der Waals surface area (Å²) in [6, 6.07) is 8.75. The first kappa shape index (κ1) is 68.5. The van der Waals surface area contributed by atoms with Gasteiger partial charge in [-0.2, -0.15) is 3.89 Å². The van der Waals surface area contributed by atoms with Crippen LogP contribution in [0.3, 0.4) is 0 Å². The first-order chi connectivity index (χ1) is 35.1. The fraction of sp³-hybridized carbons (Fsp3) is 0.712. The summed E-state index contributed by atoms with van der Waals surface area (Å²) in [5.74, 6) is 0.0320. The summed E-state index contributed by atoms with van der Waals surface area (Å²) in [7, 11) is 3.89. The van der Waals surface area contributed by atoms with Gasteiger partial charge in [-0.25, -0.2) is 8.78 Å². The fourth-order valence-electron chi connectivity index (χ4n) is 9.86. The molecule has 0 saturated carbocycles. The molecule has 0 radical (unpaired) electrons. The Balaban J connectivity index is 0.000000424. The summed E-state index contributed by atoms with van der Waals surface area (Å²) in [5, 5.41) is 71.6. The van der Waals surface area contributed by atoms with Crippen LogP contribution in [0.15, 0.2) is 48.5 Å². The van der Waals surface area contributed by atoms with Gasteiger partial charge >= 0.3 is 0 Å². The second kappa shape index (κ2) is 34.4. The molecule has 0 aromatic heterocycles. The Morgan fingerprint density at radius 2 is 1.09 bits per heavy atom. The highest BCUT2D eigenvalue weighted by molar-refractivity contribution is 7.99. The Bertz CT molecular complexity index is 1940. The van der Waals surface area contributed by atoms with E-state index in [0.717, 1.165) is 57.2 Å². The van der Waals surface area contributed by atoms with Crippen molar-refractivity contribution in [3.8, 4) is 0 Å². The van der Waals surface area contributed by atoms with Crippen LogP contribution in [0.1, 0.15) is 89.6 Å². The lowest BCUT2D eigenvalue weighted by Gasteiger charge is -2.45. The Morgan fingerprint density at radius 3 is 1.47 bits per heavy atom. The third kappa shape index (κ3) is 20.2. The van der Waals surface area contributed by atoms with Crippen molar-refractivity contribution >= 4 is 53.8 Å². The highest BCUT2D eigenvalue weighted by atomic mass is 32.2. The van der Waals surface area contributed by atoms with Crippen molar-refractivity contribution < 1.29 is 67.2 Å². The van der Waals surface area contributed by atoms with E-state index in [2.05, 4.69) is 39.6 Å². The van der Waals surface area contributed by atoms with Crippen LogP contribution in [0, 0.1) is 23.5 Å². The zero-order valence-electron chi connectivity index (χ0n) is 44.0. The molecular formula is C52H87F3N6O11S3. The number of benzene rings is 2. The molecule has 18 atom stereocenters. The molecule has 4 unspecified atom stereocenters. The van der Waals surface area contributed by atoms with Crippen molar-refractivity contribution in [3.05, 3.63) is 71.3 Å². The van der Waals surface area contributed by atoms with Crippen molar-refractivity contribution in [1.29, 1.82) is 0 Å². The highest BCUT2D eigenvalue weighted by Gasteiger charge is 2.50. The minimum absolute atomic E-state index is 0. The van der Waals surface area contributed by atoms with Gasteiger partial charge in [-0.1, -0.05) is 46.2 Å². The zero-order valence-corrected chi connectivity index (χ0v) is 46.5. The SMILES string of the molecule is C.CCC[C@@H]1C[C@@H](C(=O)N[C@H]([C@H](C)N)[C@H]2OC(SC)[C@H](O)[C@H](O)C2O)N(C)C1.CCC[C@@H]1C[C@@H](C(=O)N[C@H]([C@H](C)NCc2ccc(F)cc2)[C@H]2OC(SC)[C@H](O)[C@H](O)C2O)N(C)C1.CSF.O=Cc1ccc(F)cc1. The summed E-state index contributed by atoms with van der Waals surface area (Å²) in [5.41, 5.74) is 6.00. The van der Waals surface area contributed by atoms with E-state index in [0.29, 0.717) is 30.2 Å². The molecule has 4 aliphatic rings. The summed E-state index contributed by atoms with van der Waals surface area (Å²) in [4.78, 5) is 40.4. The maximum absolute atomic E-state index is 13.4. The quantitative estimate of drug-likeness (QED) is 0.0955. The van der Waals surface area contributed by atoms with Gasteiger partial charge < -0.3 is 61.8 Å². The molecule has 4 fully saturated rings. The van der Waals surface area contributed by atoms with Gasteiger partial charge in [0.25, 0.3) is 0 Å². The van der Waals surface area contributed by atoms with Crippen LogP contribution in [-0.4, -0.2) is 200 Å². The molecule has 2 amide bonds. The predicted octanol–water partition coefficient (Wildman–Crippen LogP) is 3.70. The largest absolute Gasteiger partial charge is 0.388 e. The normalized spacial score (nSPS) is 31.3. The molecule has 2 aromatic carbocycles. The molecule has 0 bridgehead atoms. The van der Waals surface area contributed by atoms with Gasteiger partial charge in [-0.15, -0.1) is 23.5 Å². The van der Waals surface area contributed by atoms with E-state index < -0.39 is 77.8 Å². The molecule has 2 aromatic rings. The van der Waals surface area contributed by atoms with Crippen LogP contribution < -0.4 is 21.7 Å². The number of carbonyl (C=O) groups excluding carboxylic acids is 3. The Labute approximate surface area is 455 Å². The third-order valence-corrected chi connectivity index (χ3v) is 15.6. The first-order valence-corrected chi connectivity index (χ1v) is 28.9. The van der Waals surface area contributed by atoms with E-state index in [9.17, 15) is 57.7 Å². The third-order valence-electron chi connectivity index (χ3n) is 13.9. The van der Waals surface area contributed by atoms with Crippen LogP contribution in [0.25, 0.3) is 0 Å². The molecule has 11 N–H and O–H groups in total. The average molecular weight is 1130 g/mol. The van der Waals surface area contributed by atoms with E-state index in [-0.39, 0.29) is 61.1 Å². The number of likely N-dealkylation sites (N-methyl/N-ethyl adjacent to an activating group) is 2. The number of nitrogens with two attached hydrogens (primary N) is 1. The van der Waals surface area contributed by atoms with Crippen molar-refractivity contribution in [1.82, 2.24) is 25.8 Å². The molecule has 4 heterocycles. The summed E-state index contributed by atoms with van der Waals surface area (Å²) < 4.78 is 47.4. The lowest BCUT2D eigenvalue weighted by molar-refractivity contribution is -0.207. The molecule has 4 saturated heterocycles. The summed E-state index contributed by atoms with van der Waals surface area (Å²) in [6.07, 6.45) is 1.66. The number of ether oxygens (including phenoxy) is 2. The van der Waals surface area contributed by atoms with Gasteiger partial charge in [0.1, 0.15) is 77.6 Å². The summed E-state index contributed by atoms with van der Waals surface area (Å²) in [6.45, 7) is 10.0. The minimum atomic E-state index is -1.40. The average Bonchev–Trinajstić information content (AvgIpc) is 3.94. The second-order valence-corrected chi connectivity index (χ2v) is 21.8. The second-order valence-electron chi connectivity index (χ2n) is 19.6. The number of nitrogens with one attached hydrogen (secondary N) is 3. The molecule has 0 spiro atoms. The standard InChI is InChI=1S/C25H40FN3O5S.C18H35N3O5S.C7H5FO.CH3FS.CH4/c1-5-6-16-11-18(29(3)13-16)24(33)28-19(14(2)27-12-15-7-9-17(26)10-8-15)23-21(31)20(30)22(32)25(34-23)35-4;1-5-6-10-7-11(21(3)8-10)17(25)20-12(9(2)19)16-14(23)13(22)15(24)18(26-16)27-4;8-7-3-1-6(5-9)2-4-7;1-3-2;/h7-10,14,16,18-23,25,27,30-32H,5-6,11-13H2,1-4H3,(H,28,33);9-16,18,22-24H,5-8,19H2,1-4H3,(H,20,25);1-5H;1H3;1H4/t14-,16+,18-,19+,20+,21?,22+,23+,25?;9-,10+,11-,12+,13+,14?,15+,16+,18?;;;/m00.../s1. The maximum Gasteiger partial charge on any atom is 0.237 e. The number of carbonyl (C=O) groups is 3. The van der Waals surface area contributed by atoms with Gasteiger partial charge in [-0.3, -0.25) is 24.2 Å². The summed E-state index contributed by atoms with van der Waals surface area (Å²) >= 11 is 2.72. The molecule has 6 rings (SSSR count). The topological polar surface area (TPSA) is 260 Å². The molecule has 4 aliphatic heterocycles. The van der Waals surface area contributed by atoms with Gasteiger partial charge in [-0.05, 0) is 120 Å². The molecule has 17 nitrogen and oxygen atoms in total. The number of hydrogen-bond donors (Lipinski definition) is 10. The number of likely N-dealkylation sites (tertiary alicyclic amines) is 2. The maximum atomic E-state index is 13.4. The fourth-order valence-corrected chi connectivity index (χ4v) is 11.2. The van der Waals surface area contributed by atoms with Crippen molar-refractivity contribution in [3.63, 3.8) is 0 Å². The van der Waals surface area contributed by atoms with E-state index in [1.807, 2.05) is 21.0 Å². The number of aldehydes is 1. The number of amides is 2. The monoisotopic (exact) mass is 1120 g/mol. The molecule has 430 valence electrons. The Morgan fingerprint density at radius 1 is 0.707 bits per heavy atom. The number of rotatable bonds is 18. The van der Waals surface area contributed by atoms with Gasteiger partial charge in [0, 0.05) is 55.7 Å². The number of hydrogen-bond acceptors (Lipinski definition) is 18. The zero-order chi connectivity index (χ0) is 55.4. The Kier molecular flexibility index (Phi) is 31.4. The van der Waals surface area contributed by atoms with Gasteiger partial charge in [0.2, 0.25) is 11.8 Å². The van der Waals surface area contributed by atoms with Crippen LogP contribution >= 0.6 is 35.7 Å². The van der Waals surface area contributed by atoms with E-state index in [1.54, 1.807) is 31.6 Å². The van der Waals surface area contributed by atoms with Gasteiger partial charge in [0.05, 0.1) is 24.2 Å². The predicted molar refractivity (Wildman–Crippen MR) is 293 cm³/mol. The van der Waals surface area contributed by atoms with Crippen molar-refractivity contribution in [2.24, 2.45) is 17.6 Å². The van der Waals surface area contributed by atoms with E-state index in [4.69, 9.17) is 15.2 Å². The van der Waals surface area contributed by atoms with Crippen molar-refractivity contribution in [2.75, 3.05) is 46.0 Å². The lowest BCUT2D eigenvalue weighted by Crippen LogP contribution is -2.67. The van der Waals surface area contributed by atoms with Gasteiger partial charge in [0.15, 0.2) is 0 Å². The van der Waals surface area contributed by atoms with E-state index >= 15 is 0 Å². The Hall–Kier alpha value is -2.59. The van der Waals surface area contributed by atoms with Crippen LogP contribution in [0.4, 0.5) is 12.7 Å². The number of aliphatic hydroxyl groups is 6. The number of halogens is 3. The molecule has 23 heteroatoms. The smallest absolute Gasteiger partial charge is 0.237 e. The molecular weight excluding hydrogens is 1040 g/mol. The van der Waals surface area contributed by atoms with E-state index in [1.165, 1.54) is 66.2 Å². The number of thioether (sulfide) groups is 2.